The van der Waals surface area contributed by atoms with Crippen molar-refractivity contribution in [3.8, 4) is 0 Å². The number of carbonyl (C=O) groups excluding carboxylic acids is 2. The number of aryl methyl sites for hydroxylation is 1. The topological polar surface area (TPSA) is 63.1 Å². The van der Waals surface area contributed by atoms with E-state index in [1.165, 1.54) is 0 Å². The summed E-state index contributed by atoms with van der Waals surface area (Å²) in [7, 11) is 1.92. The van der Waals surface area contributed by atoms with Crippen molar-refractivity contribution in [2.24, 2.45) is 7.05 Å². The van der Waals surface area contributed by atoms with Gasteiger partial charge in [0.2, 0.25) is 5.91 Å². The van der Waals surface area contributed by atoms with E-state index >= 15 is 0 Å². The Bertz CT molecular complexity index is 884. The van der Waals surface area contributed by atoms with Gasteiger partial charge in [-0.1, -0.05) is 48.5 Å². The number of nitrogens with zero attached hydrogens (tertiary/aromatic N) is 1. The van der Waals surface area contributed by atoms with Crippen LogP contribution in [0.5, 0.6) is 0 Å². The van der Waals surface area contributed by atoms with Crippen LogP contribution in [0.15, 0.2) is 60.8 Å². The van der Waals surface area contributed by atoms with Crippen molar-refractivity contribution in [3.05, 3.63) is 71.9 Å². The van der Waals surface area contributed by atoms with Gasteiger partial charge in [-0.15, -0.1) is 0 Å². The van der Waals surface area contributed by atoms with Crippen molar-refractivity contribution < 1.29 is 9.59 Å². The molecule has 5 nitrogen and oxygen atoms in total. The summed E-state index contributed by atoms with van der Waals surface area (Å²) in [6, 6.07) is 17.4. The van der Waals surface area contributed by atoms with Gasteiger partial charge in [-0.25, -0.2) is 0 Å². The van der Waals surface area contributed by atoms with Gasteiger partial charge in [0.25, 0.3) is 5.91 Å². The van der Waals surface area contributed by atoms with Gasteiger partial charge < -0.3 is 15.2 Å². The maximum atomic E-state index is 12.4. The highest BCUT2D eigenvalue weighted by molar-refractivity contribution is 6.06. The van der Waals surface area contributed by atoms with Crippen molar-refractivity contribution in [1.29, 1.82) is 0 Å². The summed E-state index contributed by atoms with van der Waals surface area (Å²) < 4.78 is 1.94. The van der Waals surface area contributed by atoms with E-state index in [1.807, 2.05) is 72.4 Å². The molecule has 2 amide bonds. The van der Waals surface area contributed by atoms with E-state index in [1.54, 1.807) is 0 Å². The lowest BCUT2D eigenvalue weighted by Gasteiger charge is -2.07. The lowest BCUT2D eigenvalue weighted by Crippen LogP contribution is -2.35. The lowest BCUT2D eigenvalue weighted by atomic mass is 10.1. The fourth-order valence-electron chi connectivity index (χ4n) is 2.84. The first-order chi connectivity index (χ1) is 12.1. The van der Waals surface area contributed by atoms with Crippen LogP contribution in [-0.2, 0) is 18.3 Å². The number of hydrogen-bond donors (Lipinski definition) is 2. The molecule has 1 heterocycles. The maximum Gasteiger partial charge on any atom is 0.253 e. The van der Waals surface area contributed by atoms with E-state index in [0.29, 0.717) is 25.1 Å². The van der Waals surface area contributed by atoms with E-state index in [4.69, 9.17) is 0 Å². The highest BCUT2D eigenvalue weighted by Crippen LogP contribution is 2.19. The second-order valence-corrected chi connectivity index (χ2v) is 5.94. The minimum atomic E-state index is -0.130. The van der Waals surface area contributed by atoms with E-state index in [2.05, 4.69) is 10.6 Å². The number of amides is 2. The van der Waals surface area contributed by atoms with E-state index in [-0.39, 0.29) is 11.8 Å². The zero-order valence-electron chi connectivity index (χ0n) is 14.2. The summed E-state index contributed by atoms with van der Waals surface area (Å²) in [5.74, 6) is -0.181. The molecule has 0 unspecified atom stereocenters. The van der Waals surface area contributed by atoms with Crippen LogP contribution < -0.4 is 10.6 Å². The Labute approximate surface area is 146 Å². The molecule has 2 N–H and O–H groups in total. The first-order valence-corrected chi connectivity index (χ1v) is 8.28. The molecule has 3 rings (SSSR count). The molecule has 0 saturated carbocycles. The molecule has 128 valence electrons. The molecule has 0 spiro atoms. The Balaban J connectivity index is 1.48. The second-order valence-electron chi connectivity index (χ2n) is 5.94. The Kier molecular flexibility index (Phi) is 5.14. The van der Waals surface area contributed by atoms with E-state index in [0.717, 1.165) is 16.5 Å². The number of nitrogens with one attached hydrogen (secondary N) is 2. The summed E-state index contributed by atoms with van der Waals surface area (Å²) in [5.41, 5.74) is 2.64. The lowest BCUT2D eigenvalue weighted by molar-refractivity contribution is -0.120. The zero-order chi connectivity index (χ0) is 17.6. The van der Waals surface area contributed by atoms with Crippen molar-refractivity contribution in [2.45, 2.75) is 6.42 Å². The average molecular weight is 335 g/mol. The largest absolute Gasteiger partial charge is 0.354 e. The molecule has 3 aromatic rings. The van der Waals surface area contributed by atoms with Gasteiger partial charge in [0.15, 0.2) is 0 Å². The smallest absolute Gasteiger partial charge is 0.253 e. The van der Waals surface area contributed by atoms with Crippen LogP contribution in [0, 0.1) is 0 Å². The normalized spacial score (nSPS) is 10.6. The van der Waals surface area contributed by atoms with Crippen molar-refractivity contribution in [1.82, 2.24) is 15.2 Å². The molecule has 0 aliphatic rings. The number of hydrogen-bond acceptors (Lipinski definition) is 2. The standard InChI is InChI=1S/C20H21N3O2/c1-23-14-17(16-9-5-6-10-18(16)23)20(25)22-12-11-21-19(24)13-15-7-3-2-4-8-15/h2-10,14H,11-13H2,1H3,(H,21,24)(H,22,25). The molecule has 0 aliphatic carbocycles. The molecule has 0 atom stereocenters. The number of benzene rings is 2. The van der Waals surface area contributed by atoms with Gasteiger partial charge in [0, 0.05) is 37.2 Å². The minimum Gasteiger partial charge on any atom is -0.354 e. The zero-order valence-corrected chi connectivity index (χ0v) is 14.2. The molecule has 0 bridgehead atoms. The van der Waals surface area contributed by atoms with Gasteiger partial charge in [0.05, 0.1) is 12.0 Å². The Hall–Kier alpha value is -3.08. The summed E-state index contributed by atoms with van der Waals surface area (Å²) in [5, 5.41) is 6.60. The summed E-state index contributed by atoms with van der Waals surface area (Å²) in [6.07, 6.45) is 2.17. The average Bonchev–Trinajstić information content (AvgIpc) is 2.97. The highest BCUT2D eigenvalue weighted by Gasteiger charge is 2.13. The number of rotatable bonds is 6. The van der Waals surface area contributed by atoms with Gasteiger partial charge in [0.1, 0.15) is 0 Å². The highest BCUT2D eigenvalue weighted by atomic mass is 16.2. The molecule has 0 radical (unpaired) electrons. The number of carbonyl (C=O) groups is 2. The first kappa shape index (κ1) is 16.8. The minimum absolute atomic E-state index is 0.0504. The molecule has 2 aromatic carbocycles. The fourth-order valence-corrected chi connectivity index (χ4v) is 2.84. The predicted octanol–water partition coefficient (Wildman–Crippen LogP) is 2.27. The van der Waals surface area contributed by atoms with Gasteiger partial charge in [-0.05, 0) is 11.6 Å². The molecular formula is C20H21N3O2. The monoisotopic (exact) mass is 335 g/mol. The van der Waals surface area contributed by atoms with Gasteiger partial charge in [-0.2, -0.15) is 0 Å². The van der Waals surface area contributed by atoms with Crippen molar-refractivity contribution in [3.63, 3.8) is 0 Å². The predicted molar refractivity (Wildman–Crippen MR) is 98.4 cm³/mol. The van der Waals surface area contributed by atoms with Crippen molar-refractivity contribution in [2.75, 3.05) is 13.1 Å². The third-order valence-electron chi connectivity index (χ3n) is 4.08. The third-order valence-corrected chi connectivity index (χ3v) is 4.08. The Morgan fingerprint density at radius 2 is 1.60 bits per heavy atom. The van der Waals surface area contributed by atoms with Crippen LogP contribution in [0.2, 0.25) is 0 Å². The van der Waals surface area contributed by atoms with E-state index < -0.39 is 0 Å². The number of fused-ring (bicyclic) bond motifs is 1. The third kappa shape index (κ3) is 4.07. The SMILES string of the molecule is Cn1cc(C(=O)NCCNC(=O)Cc2ccccc2)c2ccccc21. The molecule has 0 saturated heterocycles. The maximum absolute atomic E-state index is 12.4. The van der Waals surface area contributed by atoms with Crippen LogP contribution in [-0.4, -0.2) is 29.5 Å². The van der Waals surface area contributed by atoms with Crippen LogP contribution in [0.25, 0.3) is 10.9 Å². The molecule has 1 aromatic heterocycles. The van der Waals surface area contributed by atoms with Crippen LogP contribution in [0.1, 0.15) is 15.9 Å². The molecule has 0 aliphatic heterocycles. The fraction of sp³-hybridized carbons (Fsp3) is 0.200. The quantitative estimate of drug-likeness (QED) is 0.679. The summed E-state index contributed by atoms with van der Waals surface area (Å²) >= 11 is 0. The van der Waals surface area contributed by atoms with Crippen LogP contribution >= 0.6 is 0 Å². The number of para-hydroxylation sites is 1. The molecule has 5 heteroatoms. The molecular weight excluding hydrogens is 314 g/mol. The Morgan fingerprint density at radius 3 is 2.40 bits per heavy atom. The van der Waals surface area contributed by atoms with Gasteiger partial charge >= 0.3 is 0 Å². The molecule has 25 heavy (non-hydrogen) atoms. The van der Waals surface area contributed by atoms with Crippen LogP contribution in [0.3, 0.4) is 0 Å². The first-order valence-electron chi connectivity index (χ1n) is 8.28. The Morgan fingerprint density at radius 1 is 0.920 bits per heavy atom. The molecule has 0 fully saturated rings. The van der Waals surface area contributed by atoms with Crippen LogP contribution in [0.4, 0.5) is 0 Å². The van der Waals surface area contributed by atoms with E-state index in [9.17, 15) is 9.59 Å². The summed E-state index contributed by atoms with van der Waals surface area (Å²) in [6.45, 7) is 0.796. The van der Waals surface area contributed by atoms with Gasteiger partial charge in [-0.3, -0.25) is 9.59 Å². The second kappa shape index (κ2) is 7.66. The van der Waals surface area contributed by atoms with Crippen molar-refractivity contribution >= 4 is 22.7 Å². The number of aromatic nitrogens is 1. The summed E-state index contributed by atoms with van der Waals surface area (Å²) in [4.78, 5) is 24.2.